The second-order valence-electron chi connectivity index (χ2n) is 4.49. The lowest BCUT2D eigenvalue weighted by Gasteiger charge is -2.05. The van der Waals surface area contributed by atoms with Crippen molar-refractivity contribution < 1.29 is 9.21 Å². The van der Waals surface area contributed by atoms with Crippen molar-refractivity contribution in [3.63, 3.8) is 0 Å². The largest absolute Gasteiger partial charge is 0.463 e. The van der Waals surface area contributed by atoms with Gasteiger partial charge in [0.15, 0.2) is 4.32 Å². The van der Waals surface area contributed by atoms with Crippen molar-refractivity contribution in [1.82, 2.24) is 5.01 Å². The zero-order valence-corrected chi connectivity index (χ0v) is 13.3. The molecule has 1 fully saturated rings. The van der Waals surface area contributed by atoms with Crippen molar-refractivity contribution in [1.29, 1.82) is 5.26 Å². The van der Waals surface area contributed by atoms with Gasteiger partial charge in [0.2, 0.25) is 0 Å². The molecular formula is C16H9N3O2S2. The molecule has 0 aliphatic carbocycles. The standard InChI is InChI=1S/C16H9N3O2S2/c17-9-12-5-3-11(4-6-12)8-14-15(20)19(16(22)23-14)18-10-13-2-1-7-21-13/h1-8,10H/b14-8+,18-10+. The first-order valence-corrected chi connectivity index (χ1v) is 7.75. The van der Waals surface area contributed by atoms with E-state index in [4.69, 9.17) is 21.9 Å². The van der Waals surface area contributed by atoms with Crippen LogP contribution in [0.3, 0.4) is 0 Å². The van der Waals surface area contributed by atoms with E-state index in [9.17, 15) is 4.79 Å². The number of thioether (sulfide) groups is 1. The molecule has 1 aromatic carbocycles. The first-order valence-electron chi connectivity index (χ1n) is 6.53. The van der Waals surface area contributed by atoms with Gasteiger partial charge in [0.05, 0.1) is 29.0 Å². The molecule has 1 aromatic heterocycles. The van der Waals surface area contributed by atoms with E-state index in [0.717, 1.165) is 10.6 Å². The number of thiocarbonyl (C=S) groups is 1. The molecule has 0 spiro atoms. The van der Waals surface area contributed by atoms with Crippen molar-refractivity contribution in [3.8, 4) is 6.07 Å². The van der Waals surface area contributed by atoms with Crippen LogP contribution in [0.5, 0.6) is 0 Å². The molecule has 5 nitrogen and oxygen atoms in total. The number of rotatable bonds is 3. The summed E-state index contributed by atoms with van der Waals surface area (Å²) in [7, 11) is 0. The van der Waals surface area contributed by atoms with E-state index in [2.05, 4.69) is 11.2 Å². The molecule has 0 N–H and O–H groups in total. The first kappa shape index (κ1) is 15.2. The van der Waals surface area contributed by atoms with Crippen LogP contribution in [-0.4, -0.2) is 21.5 Å². The Balaban J connectivity index is 1.80. The van der Waals surface area contributed by atoms with Gasteiger partial charge in [0.25, 0.3) is 5.91 Å². The van der Waals surface area contributed by atoms with Crippen molar-refractivity contribution in [2.24, 2.45) is 5.10 Å². The van der Waals surface area contributed by atoms with Gasteiger partial charge < -0.3 is 4.42 Å². The Hall–Kier alpha value is -2.69. The van der Waals surface area contributed by atoms with Crippen LogP contribution in [0, 0.1) is 11.3 Å². The molecule has 0 saturated carbocycles. The molecule has 2 heterocycles. The van der Waals surface area contributed by atoms with Crippen LogP contribution in [0.4, 0.5) is 0 Å². The van der Waals surface area contributed by atoms with E-state index in [1.165, 1.54) is 24.2 Å². The monoisotopic (exact) mass is 339 g/mol. The number of hydrazone groups is 1. The third-order valence-corrected chi connectivity index (χ3v) is 4.24. The van der Waals surface area contributed by atoms with E-state index in [0.29, 0.717) is 20.5 Å². The summed E-state index contributed by atoms with van der Waals surface area (Å²) >= 11 is 6.37. The average Bonchev–Trinajstić information content (AvgIpc) is 3.16. The summed E-state index contributed by atoms with van der Waals surface area (Å²) in [5, 5.41) is 14.0. The number of furan rings is 1. The molecule has 0 bridgehead atoms. The molecule has 0 atom stereocenters. The highest BCUT2D eigenvalue weighted by atomic mass is 32.2. The molecule has 1 saturated heterocycles. The predicted molar refractivity (Wildman–Crippen MR) is 92.5 cm³/mol. The number of benzene rings is 1. The number of carbonyl (C=O) groups is 1. The highest BCUT2D eigenvalue weighted by Gasteiger charge is 2.32. The second-order valence-corrected chi connectivity index (χ2v) is 6.16. The summed E-state index contributed by atoms with van der Waals surface area (Å²) in [6.45, 7) is 0. The molecule has 3 rings (SSSR count). The SMILES string of the molecule is N#Cc1ccc(/C=C2/SC(=S)N(/N=C/c3ccco3)C2=O)cc1. The molecule has 7 heteroatoms. The maximum absolute atomic E-state index is 12.4. The van der Waals surface area contributed by atoms with E-state index in [1.807, 2.05) is 0 Å². The van der Waals surface area contributed by atoms with Crippen molar-refractivity contribution >= 4 is 46.5 Å². The van der Waals surface area contributed by atoms with Crippen LogP contribution in [0.25, 0.3) is 6.08 Å². The highest BCUT2D eigenvalue weighted by molar-refractivity contribution is 8.26. The normalized spacial score (nSPS) is 16.5. The number of hydrogen-bond acceptors (Lipinski definition) is 6. The fourth-order valence-corrected chi connectivity index (χ4v) is 3.02. The van der Waals surface area contributed by atoms with Gasteiger partial charge in [-0.25, -0.2) is 0 Å². The zero-order chi connectivity index (χ0) is 16.2. The summed E-state index contributed by atoms with van der Waals surface area (Å²) in [6.07, 6.45) is 4.69. The van der Waals surface area contributed by atoms with Crippen LogP contribution < -0.4 is 0 Å². The summed E-state index contributed by atoms with van der Waals surface area (Å²) in [5.74, 6) is 0.252. The van der Waals surface area contributed by atoms with Gasteiger partial charge in [-0.1, -0.05) is 23.9 Å². The van der Waals surface area contributed by atoms with Crippen molar-refractivity contribution in [2.75, 3.05) is 0 Å². The zero-order valence-electron chi connectivity index (χ0n) is 11.7. The van der Waals surface area contributed by atoms with Gasteiger partial charge in [-0.3, -0.25) is 4.79 Å². The third-order valence-electron chi connectivity index (χ3n) is 2.95. The Bertz CT molecular complexity index is 846. The molecule has 23 heavy (non-hydrogen) atoms. The Morgan fingerprint density at radius 2 is 2.09 bits per heavy atom. The predicted octanol–water partition coefficient (Wildman–Crippen LogP) is 3.39. The third kappa shape index (κ3) is 3.39. The lowest BCUT2D eigenvalue weighted by molar-refractivity contribution is -0.122. The number of amides is 1. The molecule has 1 amide bonds. The van der Waals surface area contributed by atoms with Crippen LogP contribution >= 0.6 is 24.0 Å². The first-order chi connectivity index (χ1) is 11.2. The quantitative estimate of drug-likeness (QED) is 0.487. The minimum Gasteiger partial charge on any atom is -0.463 e. The van der Waals surface area contributed by atoms with Crippen LogP contribution in [0.2, 0.25) is 0 Å². The Morgan fingerprint density at radius 1 is 1.30 bits per heavy atom. The minimum absolute atomic E-state index is 0.285. The molecule has 112 valence electrons. The van der Waals surface area contributed by atoms with E-state index in [1.54, 1.807) is 42.5 Å². The molecular weight excluding hydrogens is 330 g/mol. The van der Waals surface area contributed by atoms with Gasteiger partial charge in [0.1, 0.15) is 5.76 Å². The number of carbonyl (C=O) groups excluding carboxylic acids is 1. The van der Waals surface area contributed by atoms with Gasteiger partial charge in [-0.05, 0) is 48.1 Å². The Labute approximate surface area is 141 Å². The van der Waals surface area contributed by atoms with Crippen LogP contribution in [0.1, 0.15) is 16.9 Å². The topological polar surface area (TPSA) is 69.6 Å². The van der Waals surface area contributed by atoms with Crippen molar-refractivity contribution in [2.45, 2.75) is 0 Å². The molecule has 1 aliphatic heterocycles. The van der Waals surface area contributed by atoms with Gasteiger partial charge in [-0.15, -0.1) is 0 Å². The molecule has 0 unspecified atom stereocenters. The maximum atomic E-state index is 12.4. The van der Waals surface area contributed by atoms with Crippen LogP contribution in [-0.2, 0) is 4.79 Å². The lowest BCUT2D eigenvalue weighted by atomic mass is 10.1. The Morgan fingerprint density at radius 3 is 2.74 bits per heavy atom. The Kier molecular flexibility index (Phi) is 4.37. The lowest BCUT2D eigenvalue weighted by Crippen LogP contribution is -2.22. The van der Waals surface area contributed by atoms with E-state index < -0.39 is 0 Å². The number of nitrogens with zero attached hydrogens (tertiary/aromatic N) is 3. The summed E-state index contributed by atoms with van der Waals surface area (Å²) in [4.78, 5) is 12.8. The van der Waals surface area contributed by atoms with Crippen molar-refractivity contribution in [3.05, 3.63) is 64.5 Å². The van der Waals surface area contributed by atoms with Gasteiger partial charge in [0, 0.05) is 0 Å². The summed E-state index contributed by atoms with van der Waals surface area (Å²) in [5.41, 5.74) is 1.39. The van der Waals surface area contributed by atoms with E-state index in [-0.39, 0.29) is 5.91 Å². The second kappa shape index (κ2) is 6.60. The van der Waals surface area contributed by atoms with Gasteiger partial charge >= 0.3 is 0 Å². The van der Waals surface area contributed by atoms with Crippen LogP contribution in [0.15, 0.2) is 57.1 Å². The average molecular weight is 339 g/mol. The molecule has 0 radical (unpaired) electrons. The summed E-state index contributed by atoms with van der Waals surface area (Å²) < 4.78 is 5.49. The summed E-state index contributed by atoms with van der Waals surface area (Å²) in [6, 6.07) is 12.5. The minimum atomic E-state index is -0.285. The highest BCUT2D eigenvalue weighted by Crippen LogP contribution is 2.32. The number of hydrogen-bond donors (Lipinski definition) is 0. The fourth-order valence-electron chi connectivity index (χ4n) is 1.84. The molecule has 2 aromatic rings. The maximum Gasteiger partial charge on any atom is 0.286 e. The van der Waals surface area contributed by atoms with E-state index >= 15 is 0 Å². The number of nitriles is 1. The molecule has 1 aliphatic rings. The smallest absolute Gasteiger partial charge is 0.286 e. The van der Waals surface area contributed by atoms with Gasteiger partial charge in [-0.2, -0.15) is 15.4 Å². The fraction of sp³-hybridized carbons (Fsp3) is 0.